The van der Waals surface area contributed by atoms with Gasteiger partial charge < -0.3 is 10.1 Å². The molecular weight excluding hydrogens is 217 g/mol. The first-order valence-corrected chi connectivity index (χ1v) is 5.33. The molecule has 82 valence electrons. The molecule has 0 bridgehead atoms. The van der Waals surface area contributed by atoms with Crippen LogP contribution in [0.25, 0.3) is 0 Å². The second-order valence-electron chi connectivity index (χ2n) is 3.80. The van der Waals surface area contributed by atoms with E-state index in [9.17, 15) is 4.39 Å². The van der Waals surface area contributed by atoms with Gasteiger partial charge in [-0.1, -0.05) is 17.7 Å². The Bertz CT molecular complexity index is 354. The molecule has 0 amide bonds. The van der Waals surface area contributed by atoms with Gasteiger partial charge in [-0.2, -0.15) is 0 Å². The molecule has 0 spiro atoms. The molecule has 1 aromatic carbocycles. The summed E-state index contributed by atoms with van der Waals surface area (Å²) < 4.78 is 18.0. The Morgan fingerprint density at radius 1 is 1.53 bits per heavy atom. The van der Waals surface area contributed by atoms with E-state index in [1.165, 1.54) is 6.07 Å². The minimum absolute atomic E-state index is 0.164. The maximum atomic E-state index is 12.9. The minimum Gasteiger partial charge on any atom is -0.378 e. The number of halogens is 2. The zero-order valence-corrected chi connectivity index (χ0v) is 9.22. The molecule has 0 radical (unpaired) electrons. The van der Waals surface area contributed by atoms with Gasteiger partial charge >= 0.3 is 0 Å². The molecule has 1 unspecified atom stereocenters. The third kappa shape index (κ3) is 2.48. The third-order valence-electron chi connectivity index (χ3n) is 2.57. The highest BCUT2D eigenvalue weighted by molar-refractivity contribution is 6.30. The molecule has 1 aliphatic heterocycles. The topological polar surface area (TPSA) is 21.3 Å². The molecule has 1 heterocycles. The summed E-state index contributed by atoms with van der Waals surface area (Å²) in [6, 6.07) is 5.38. The first-order valence-electron chi connectivity index (χ1n) is 4.95. The standard InChI is InChI=1S/C11H13ClFNO/c1-7(14-9-5-15-6-9)8-2-3-11(13)10(12)4-8/h2-4,7,9,14H,5-6H2,1H3. The molecular formula is C11H13ClFNO. The van der Waals surface area contributed by atoms with Crippen molar-refractivity contribution in [2.45, 2.75) is 19.0 Å². The molecule has 1 atom stereocenters. The van der Waals surface area contributed by atoms with Crippen LogP contribution in [0.5, 0.6) is 0 Å². The van der Waals surface area contributed by atoms with Crippen molar-refractivity contribution in [3.8, 4) is 0 Å². The predicted octanol–water partition coefficient (Wildman–Crippen LogP) is 2.53. The minimum atomic E-state index is -0.375. The van der Waals surface area contributed by atoms with Crippen LogP contribution in [0.15, 0.2) is 18.2 Å². The summed E-state index contributed by atoms with van der Waals surface area (Å²) in [4.78, 5) is 0. The molecule has 2 rings (SSSR count). The Labute approximate surface area is 93.4 Å². The van der Waals surface area contributed by atoms with Crippen molar-refractivity contribution >= 4 is 11.6 Å². The van der Waals surface area contributed by atoms with Crippen molar-refractivity contribution in [2.24, 2.45) is 0 Å². The molecule has 4 heteroatoms. The molecule has 0 aromatic heterocycles. The zero-order valence-electron chi connectivity index (χ0n) is 8.47. The highest BCUT2D eigenvalue weighted by atomic mass is 35.5. The molecule has 0 saturated carbocycles. The zero-order chi connectivity index (χ0) is 10.8. The lowest BCUT2D eigenvalue weighted by molar-refractivity contribution is -0.00925. The van der Waals surface area contributed by atoms with Crippen molar-refractivity contribution in [3.05, 3.63) is 34.6 Å². The molecule has 1 aromatic rings. The Hall–Kier alpha value is -0.640. The second-order valence-corrected chi connectivity index (χ2v) is 4.20. The molecule has 1 fully saturated rings. The summed E-state index contributed by atoms with van der Waals surface area (Å²) in [6.45, 7) is 3.53. The SMILES string of the molecule is CC(NC1COC1)c1ccc(F)c(Cl)c1. The van der Waals surface area contributed by atoms with Crippen molar-refractivity contribution in [2.75, 3.05) is 13.2 Å². The fraction of sp³-hybridized carbons (Fsp3) is 0.455. The van der Waals surface area contributed by atoms with Crippen molar-refractivity contribution in [1.29, 1.82) is 0 Å². The summed E-state index contributed by atoms with van der Waals surface area (Å²) in [5.74, 6) is -0.375. The van der Waals surface area contributed by atoms with Gasteiger partial charge in [-0.15, -0.1) is 0 Å². The van der Waals surface area contributed by atoms with E-state index in [-0.39, 0.29) is 16.9 Å². The number of ether oxygens (including phenoxy) is 1. The summed E-state index contributed by atoms with van der Waals surface area (Å²) in [5, 5.41) is 3.55. The van der Waals surface area contributed by atoms with Crippen LogP contribution < -0.4 is 5.32 Å². The maximum absolute atomic E-state index is 12.9. The Balaban J connectivity index is 2.03. The lowest BCUT2D eigenvalue weighted by Gasteiger charge is -2.30. The van der Waals surface area contributed by atoms with Gasteiger partial charge in [-0.25, -0.2) is 4.39 Å². The largest absolute Gasteiger partial charge is 0.378 e. The van der Waals surface area contributed by atoms with Crippen LogP contribution >= 0.6 is 11.6 Å². The van der Waals surface area contributed by atoms with Crippen molar-refractivity contribution in [1.82, 2.24) is 5.32 Å². The number of nitrogens with one attached hydrogen (secondary N) is 1. The molecule has 1 aliphatic rings. The Kier molecular flexibility index (Phi) is 3.24. The average Bonchev–Trinajstić information content (AvgIpc) is 2.15. The van der Waals surface area contributed by atoms with Crippen LogP contribution in [0.2, 0.25) is 5.02 Å². The molecule has 15 heavy (non-hydrogen) atoms. The van der Waals surface area contributed by atoms with Gasteiger partial charge in [-0.05, 0) is 24.6 Å². The van der Waals surface area contributed by atoms with Gasteiger partial charge in [0, 0.05) is 6.04 Å². The third-order valence-corrected chi connectivity index (χ3v) is 2.86. The van der Waals surface area contributed by atoms with Crippen LogP contribution in [-0.4, -0.2) is 19.3 Å². The van der Waals surface area contributed by atoms with E-state index in [1.54, 1.807) is 12.1 Å². The van der Waals surface area contributed by atoms with E-state index in [0.29, 0.717) is 6.04 Å². The number of hydrogen-bond donors (Lipinski definition) is 1. The Morgan fingerprint density at radius 3 is 2.80 bits per heavy atom. The van der Waals surface area contributed by atoms with Gasteiger partial charge in [-0.3, -0.25) is 0 Å². The van der Waals surface area contributed by atoms with Crippen LogP contribution in [0.4, 0.5) is 4.39 Å². The van der Waals surface area contributed by atoms with Crippen LogP contribution in [-0.2, 0) is 4.74 Å². The quantitative estimate of drug-likeness (QED) is 0.860. The smallest absolute Gasteiger partial charge is 0.141 e. The molecule has 1 saturated heterocycles. The van der Waals surface area contributed by atoms with Crippen molar-refractivity contribution < 1.29 is 9.13 Å². The van der Waals surface area contributed by atoms with Gasteiger partial charge in [0.1, 0.15) is 5.82 Å². The van der Waals surface area contributed by atoms with Crippen LogP contribution in [0.1, 0.15) is 18.5 Å². The number of hydrogen-bond acceptors (Lipinski definition) is 2. The van der Waals surface area contributed by atoms with Gasteiger partial charge in [0.25, 0.3) is 0 Å². The molecule has 2 nitrogen and oxygen atoms in total. The first kappa shape index (κ1) is 10.9. The lowest BCUT2D eigenvalue weighted by Crippen LogP contribution is -2.46. The highest BCUT2D eigenvalue weighted by Crippen LogP contribution is 2.21. The van der Waals surface area contributed by atoms with Crippen LogP contribution in [0.3, 0.4) is 0 Å². The van der Waals surface area contributed by atoms with E-state index >= 15 is 0 Å². The molecule has 0 aliphatic carbocycles. The maximum Gasteiger partial charge on any atom is 0.141 e. The lowest BCUT2D eigenvalue weighted by atomic mass is 10.1. The first-order chi connectivity index (χ1) is 7.16. The molecule has 1 N–H and O–H groups in total. The highest BCUT2D eigenvalue weighted by Gasteiger charge is 2.20. The Morgan fingerprint density at radius 2 is 2.27 bits per heavy atom. The van der Waals surface area contributed by atoms with E-state index in [4.69, 9.17) is 16.3 Å². The number of rotatable bonds is 3. The summed E-state index contributed by atoms with van der Waals surface area (Å²) in [7, 11) is 0. The summed E-state index contributed by atoms with van der Waals surface area (Å²) in [5.41, 5.74) is 0.994. The van der Waals surface area contributed by atoms with E-state index in [0.717, 1.165) is 18.8 Å². The fourth-order valence-electron chi connectivity index (χ4n) is 1.56. The summed E-state index contributed by atoms with van der Waals surface area (Å²) >= 11 is 5.71. The number of benzene rings is 1. The van der Waals surface area contributed by atoms with Gasteiger partial charge in [0.05, 0.1) is 24.3 Å². The normalized spacial score (nSPS) is 18.6. The fourth-order valence-corrected chi connectivity index (χ4v) is 1.75. The summed E-state index contributed by atoms with van der Waals surface area (Å²) in [6.07, 6.45) is 0. The second kappa shape index (κ2) is 4.47. The average molecular weight is 230 g/mol. The monoisotopic (exact) mass is 229 g/mol. The van der Waals surface area contributed by atoms with Crippen molar-refractivity contribution in [3.63, 3.8) is 0 Å². The predicted molar refractivity (Wildman–Crippen MR) is 57.6 cm³/mol. The van der Waals surface area contributed by atoms with E-state index in [2.05, 4.69) is 5.32 Å². The van der Waals surface area contributed by atoms with Crippen LogP contribution in [0, 0.1) is 5.82 Å². The van der Waals surface area contributed by atoms with Gasteiger partial charge in [0.15, 0.2) is 0 Å². The van der Waals surface area contributed by atoms with E-state index < -0.39 is 0 Å². The van der Waals surface area contributed by atoms with E-state index in [1.807, 2.05) is 6.92 Å². The van der Waals surface area contributed by atoms with Gasteiger partial charge in [0.2, 0.25) is 0 Å².